The molecule has 0 aromatic heterocycles. The minimum Gasteiger partial charge on any atom is -0.133 e. The molecule has 31 heavy (non-hydrogen) atoms. The van der Waals surface area contributed by atoms with Crippen molar-refractivity contribution in [1.29, 1.82) is 0 Å². The first-order valence-electron chi connectivity index (χ1n) is 11.7. The van der Waals surface area contributed by atoms with E-state index in [1.165, 1.54) is 59.1 Å². The van der Waals surface area contributed by atoms with Crippen LogP contribution in [0.25, 0.3) is 22.3 Å². The van der Waals surface area contributed by atoms with Crippen LogP contribution in [0.1, 0.15) is 58.1 Å². The molecule has 3 aromatic rings. The third-order valence-corrected chi connectivity index (χ3v) is 7.33. The largest absolute Gasteiger partial charge is 0.133 e. The molecular weight excluding hydrogens is 391 g/mol. The van der Waals surface area contributed by atoms with E-state index in [1.807, 2.05) is 0 Å². The van der Waals surface area contributed by atoms with Crippen LogP contribution in [-0.4, -0.2) is 0 Å². The lowest BCUT2D eigenvalue weighted by molar-refractivity contribution is 0.0678. The molecule has 1 aliphatic rings. The molecule has 0 aliphatic heterocycles. The summed E-state index contributed by atoms with van der Waals surface area (Å²) >= 11 is 0. The highest BCUT2D eigenvalue weighted by atomic mass is 31.0. The van der Waals surface area contributed by atoms with Crippen LogP contribution in [-0.2, 0) is 12.6 Å². The molecule has 0 heterocycles. The second kappa shape index (κ2) is 8.91. The van der Waals surface area contributed by atoms with Crippen LogP contribution in [0.2, 0.25) is 0 Å². The van der Waals surface area contributed by atoms with Crippen LogP contribution in [0.5, 0.6) is 0 Å². The van der Waals surface area contributed by atoms with Gasteiger partial charge in [-0.2, -0.15) is 0 Å². The maximum Gasteiger partial charge on any atom is -0.0128 e. The monoisotopic (exact) mass is 428 g/mol. The van der Waals surface area contributed by atoms with Crippen molar-refractivity contribution in [3.05, 3.63) is 83.9 Å². The van der Waals surface area contributed by atoms with Crippen molar-refractivity contribution >= 4 is 9.24 Å². The molecule has 1 saturated carbocycles. The van der Waals surface area contributed by atoms with Crippen molar-refractivity contribution < 1.29 is 0 Å². The van der Waals surface area contributed by atoms with Gasteiger partial charge in [-0.1, -0.05) is 100 Å². The Labute approximate surface area is 191 Å². The van der Waals surface area contributed by atoms with E-state index in [4.69, 9.17) is 0 Å². The highest BCUT2D eigenvalue weighted by Gasteiger charge is 2.38. The smallest absolute Gasteiger partial charge is 0.0128 e. The molecule has 0 radical (unpaired) electrons. The maximum atomic E-state index is 2.79. The summed E-state index contributed by atoms with van der Waals surface area (Å²) in [5.41, 5.74) is 8.91. The Hall–Kier alpha value is -1.91. The molecule has 162 valence electrons. The molecule has 4 rings (SSSR count). The summed E-state index contributed by atoms with van der Waals surface area (Å²) < 4.78 is 0. The minimum absolute atomic E-state index is 0.462. The molecule has 1 heteroatoms. The molecule has 0 N–H and O–H groups in total. The number of benzene rings is 3. The van der Waals surface area contributed by atoms with Gasteiger partial charge < -0.3 is 0 Å². The Balaban J connectivity index is 1.44. The predicted molar refractivity (Wildman–Crippen MR) is 139 cm³/mol. The van der Waals surface area contributed by atoms with E-state index >= 15 is 0 Å². The third kappa shape index (κ3) is 5.67. The van der Waals surface area contributed by atoms with E-state index < -0.39 is 0 Å². The SMILES string of the molecule is CC1(C)CC(Cc2ccc(-c3ccc(-c4ccc(CP)cc4)cc3)cc2)CC(C)(C)C1. The lowest BCUT2D eigenvalue weighted by Crippen LogP contribution is -2.34. The van der Waals surface area contributed by atoms with Crippen LogP contribution >= 0.6 is 9.24 Å². The molecule has 1 fully saturated rings. The van der Waals surface area contributed by atoms with Gasteiger partial charge in [-0.3, -0.25) is 0 Å². The Morgan fingerprint density at radius 2 is 0.968 bits per heavy atom. The van der Waals surface area contributed by atoms with E-state index in [1.54, 1.807) is 0 Å². The number of rotatable bonds is 5. The van der Waals surface area contributed by atoms with Crippen molar-refractivity contribution in [2.75, 3.05) is 0 Å². The topological polar surface area (TPSA) is 0 Å². The fourth-order valence-corrected chi connectivity index (χ4v) is 6.35. The van der Waals surface area contributed by atoms with Gasteiger partial charge in [0.25, 0.3) is 0 Å². The molecule has 1 aliphatic carbocycles. The van der Waals surface area contributed by atoms with E-state index in [9.17, 15) is 0 Å². The summed E-state index contributed by atoms with van der Waals surface area (Å²) in [6.45, 7) is 9.80. The molecule has 0 spiro atoms. The van der Waals surface area contributed by atoms with Gasteiger partial charge in [0.1, 0.15) is 0 Å². The average Bonchev–Trinajstić information content (AvgIpc) is 2.72. The zero-order valence-electron chi connectivity index (χ0n) is 19.6. The van der Waals surface area contributed by atoms with Gasteiger partial charge in [0.05, 0.1) is 0 Å². The van der Waals surface area contributed by atoms with Crippen molar-refractivity contribution in [3.63, 3.8) is 0 Å². The van der Waals surface area contributed by atoms with Gasteiger partial charge in [0.2, 0.25) is 0 Å². The summed E-state index contributed by atoms with van der Waals surface area (Å²) in [4.78, 5) is 0. The van der Waals surface area contributed by atoms with Crippen LogP contribution in [0.4, 0.5) is 0 Å². The molecule has 1 atom stereocenters. The zero-order valence-corrected chi connectivity index (χ0v) is 20.8. The maximum absolute atomic E-state index is 2.79. The number of hydrogen-bond acceptors (Lipinski definition) is 0. The van der Waals surface area contributed by atoms with E-state index in [-0.39, 0.29) is 0 Å². The van der Waals surface area contributed by atoms with Gasteiger partial charge in [-0.05, 0) is 82.0 Å². The van der Waals surface area contributed by atoms with E-state index in [2.05, 4.69) is 110 Å². The van der Waals surface area contributed by atoms with Crippen LogP contribution in [0.15, 0.2) is 72.8 Å². The predicted octanol–water partition coefficient (Wildman–Crippen LogP) is 8.79. The minimum atomic E-state index is 0.462. The van der Waals surface area contributed by atoms with E-state index in [0.717, 1.165) is 12.1 Å². The summed E-state index contributed by atoms with van der Waals surface area (Å²) in [5.74, 6) is 0.793. The Morgan fingerprint density at radius 3 is 1.35 bits per heavy atom. The van der Waals surface area contributed by atoms with Gasteiger partial charge in [0.15, 0.2) is 0 Å². The molecular formula is C30H37P. The lowest BCUT2D eigenvalue weighted by Gasteiger charge is -2.45. The van der Waals surface area contributed by atoms with Crippen LogP contribution in [0.3, 0.4) is 0 Å². The fourth-order valence-electron chi connectivity index (χ4n) is 6.07. The van der Waals surface area contributed by atoms with Crippen LogP contribution in [0, 0.1) is 16.7 Å². The van der Waals surface area contributed by atoms with Crippen molar-refractivity contribution in [3.8, 4) is 22.3 Å². The standard InChI is InChI=1S/C30H37P/c1-29(2)18-24(19-30(3,4)21-29)17-22-5-9-25(10-6-22)27-13-15-28(16-14-27)26-11-7-23(20-31)8-12-26/h5-16,24H,17-21,31H2,1-4H3. The first-order chi connectivity index (χ1) is 14.7. The average molecular weight is 429 g/mol. The third-order valence-electron chi connectivity index (χ3n) is 6.86. The van der Waals surface area contributed by atoms with Crippen molar-refractivity contribution in [1.82, 2.24) is 0 Å². The van der Waals surface area contributed by atoms with Gasteiger partial charge in [-0.25, -0.2) is 0 Å². The molecule has 0 saturated heterocycles. The first-order valence-corrected chi connectivity index (χ1v) is 12.5. The normalized spacial score (nSPS) is 18.1. The lowest BCUT2D eigenvalue weighted by atomic mass is 9.60. The Kier molecular flexibility index (Phi) is 6.41. The summed E-state index contributed by atoms with van der Waals surface area (Å²) in [7, 11) is 2.79. The first kappa shape index (κ1) is 22.3. The molecule has 0 amide bonds. The Morgan fingerprint density at radius 1 is 0.613 bits per heavy atom. The second-order valence-electron chi connectivity index (χ2n) is 11.2. The van der Waals surface area contributed by atoms with Crippen LogP contribution < -0.4 is 0 Å². The molecule has 0 bridgehead atoms. The zero-order chi connectivity index (χ0) is 22.1. The highest BCUT2D eigenvalue weighted by molar-refractivity contribution is 7.15. The summed E-state index contributed by atoms with van der Waals surface area (Å²) in [6, 6.07) is 27.1. The molecule has 1 unspecified atom stereocenters. The van der Waals surface area contributed by atoms with Gasteiger partial charge in [-0.15, -0.1) is 9.24 Å². The highest BCUT2D eigenvalue weighted by Crippen LogP contribution is 2.49. The summed E-state index contributed by atoms with van der Waals surface area (Å²) in [5, 5.41) is 0. The Bertz CT molecular complexity index is 976. The quantitative estimate of drug-likeness (QED) is 0.356. The van der Waals surface area contributed by atoms with Crippen molar-refractivity contribution in [2.45, 2.75) is 59.5 Å². The second-order valence-corrected chi connectivity index (χ2v) is 11.6. The van der Waals surface area contributed by atoms with Gasteiger partial charge >= 0.3 is 0 Å². The molecule has 3 aromatic carbocycles. The molecule has 0 nitrogen and oxygen atoms in total. The van der Waals surface area contributed by atoms with E-state index in [0.29, 0.717) is 10.8 Å². The fraction of sp³-hybridized carbons (Fsp3) is 0.400. The van der Waals surface area contributed by atoms with Crippen molar-refractivity contribution in [2.24, 2.45) is 16.7 Å². The van der Waals surface area contributed by atoms with Gasteiger partial charge in [0, 0.05) is 0 Å². The summed E-state index contributed by atoms with van der Waals surface area (Å²) in [6.07, 6.45) is 6.24. The number of hydrogen-bond donors (Lipinski definition) is 0.